The van der Waals surface area contributed by atoms with E-state index in [0.29, 0.717) is 47.2 Å². The van der Waals surface area contributed by atoms with Gasteiger partial charge in [0.05, 0.1) is 6.10 Å². The molecule has 0 radical (unpaired) electrons. The maximum Gasteiger partial charge on any atom is 0.302 e. The van der Waals surface area contributed by atoms with Crippen LogP contribution in [0, 0.1) is 50.7 Å². The van der Waals surface area contributed by atoms with Gasteiger partial charge in [0, 0.05) is 26.4 Å². The summed E-state index contributed by atoms with van der Waals surface area (Å²) in [6.45, 7) is 18.2. The molecule has 0 aromatic carbocycles. The Morgan fingerprint density at radius 1 is 0.800 bits per heavy atom. The summed E-state index contributed by atoms with van der Waals surface area (Å²) in [6.07, 6.45) is 14.4. The molecule has 4 fully saturated rings. The van der Waals surface area contributed by atoms with Crippen molar-refractivity contribution in [3.05, 3.63) is 11.6 Å². The fraction of sp³-hybridized carbons (Fsp3) is 0.886. The number of hydrogen-bond acceptors (Lipinski definition) is 5. The first-order valence-electron chi connectivity index (χ1n) is 16.1. The lowest BCUT2D eigenvalue weighted by atomic mass is 9.42. The third kappa shape index (κ3) is 4.51. The minimum absolute atomic E-state index is 0.104. The highest BCUT2D eigenvalue weighted by atomic mass is 16.6. The van der Waals surface area contributed by atoms with Gasteiger partial charge in [-0.15, -0.1) is 0 Å². The number of hydrogen-bond donors (Lipinski definition) is 0. The van der Waals surface area contributed by atoms with Crippen molar-refractivity contribution in [1.82, 2.24) is 0 Å². The number of carbonyl (C=O) groups excluding carboxylic acids is 2. The molecular weight excluding hydrogens is 500 g/mol. The lowest BCUT2D eigenvalue weighted by molar-refractivity contribution is -0.188. The summed E-state index contributed by atoms with van der Waals surface area (Å²) in [5, 5.41) is 0. The van der Waals surface area contributed by atoms with Gasteiger partial charge in [-0.05, 0) is 110 Å². The highest BCUT2D eigenvalue weighted by molar-refractivity contribution is 5.66. The molecule has 0 aliphatic heterocycles. The van der Waals surface area contributed by atoms with Crippen LogP contribution in [0.4, 0.5) is 0 Å². The number of methoxy groups -OCH3 is 1. The van der Waals surface area contributed by atoms with Gasteiger partial charge in [-0.2, -0.15) is 0 Å². The van der Waals surface area contributed by atoms with Crippen LogP contribution < -0.4 is 0 Å². The van der Waals surface area contributed by atoms with Crippen LogP contribution in [0.5, 0.6) is 0 Å². The van der Waals surface area contributed by atoms with Crippen molar-refractivity contribution in [3.63, 3.8) is 0 Å². The van der Waals surface area contributed by atoms with Gasteiger partial charge in [-0.1, -0.05) is 53.2 Å². The van der Waals surface area contributed by atoms with Gasteiger partial charge >= 0.3 is 11.9 Å². The van der Waals surface area contributed by atoms with Crippen LogP contribution in [-0.4, -0.2) is 37.9 Å². The van der Waals surface area contributed by atoms with Gasteiger partial charge in [-0.3, -0.25) is 9.59 Å². The maximum atomic E-state index is 12.1. The summed E-state index contributed by atoms with van der Waals surface area (Å²) < 4.78 is 17.7. The number of rotatable bonds is 4. The molecule has 5 nitrogen and oxygen atoms in total. The van der Waals surface area contributed by atoms with E-state index >= 15 is 0 Å². The monoisotopic (exact) mass is 556 g/mol. The van der Waals surface area contributed by atoms with Crippen LogP contribution >= 0.6 is 0 Å². The summed E-state index contributed by atoms with van der Waals surface area (Å²) in [7, 11) is 1.91. The van der Waals surface area contributed by atoms with Gasteiger partial charge in [0.1, 0.15) is 12.7 Å². The second-order valence-corrected chi connectivity index (χ2v) is 16.2. The highest BCUT2D eigenvalue weighted by Gasteiger charge is 2.64. The molecule has 5 aliphatic carbocycles. The Hall–Kier alpha value is -1.36. The second kappa shape index (κ2) is 10.1. The largest absolute Gasteiger partial charge is 0.465 e. The SMILES string of the molecule is CO[C@H]1CC[C@@]2(C)[C@@H](CC[C@@]3(C)CC4=CC[C@H]5[C@](C)(COC(C)=O)[C@@H](OC(C)=O)CC[C@]5(C)[C@H]4CC[C@@H]32)C1(C)C. The van der Waals surface area contributed by atoms with Gasteiger partial charge in [0.25, 0.3) is 0 Å². The predicted molar refractivity (Wildman–Crippen MR) is 157 cm³/mol. The average molecular weight is 557 g/mol. The van der Waals surface area contributed by atoms with Crippen LogP contribution in [0.2, 0.25) is 0 Å². The van der Waals surface area contributed by atoms with Gasteiger partial charge in [-0.25, -0.2) is 0 Å². The quantitative estimate of drug-likeness (QED) is 0.260. The summed E-state index contributed by atoms with van der Waals surface area (Å²) >= 11 is 0. The molecule has 5 aliphatic rings. The first kappa shape index (κ1) is 30.1. The van der Waals surface area contributed by atoms with E-state index in [9.17, 15) is 9.59 Å². The van der Waals surface area contributed by atoms with Crippen LogP contribution in [0.1, 0.15) is 120 Å². The Kier molecular flexibility index (Phi) is 7.62. The van der Waals surface area contributed by atoms with Crippen molar-refractivity contribution < 1.29 is 23.8 Å². The van der Waals surface area contributed by atoms with Crippen molar-refractivity contribution in [3.8, 4) is 0 Å². The van der Waals surface area contributed by atoms with Crippen LogP contribution in [0.3, 0.4) is 0 Å². The zero-order valence-corrected chi connectivity index (χ0v) is 26.9. The number of esters is 2. The Balaban J connectivity index is 1.47. The van der Waals surface area contributed by atoms with Gasteiger partial charge < -0.3 is 14.2 Å². The fourth-order valence-corrected chi connectivity index (χ4v) is 12.0. The number of allylic oxidation sites excluding steroid dienone is 2. The van der Waals surface area contributed by atoms with Gasteiger partial charge in [0.2, 0.25) is 0 Å². The van der Waals surface area contributed by atoms with E-state index in [1.165, 1.54) is 58.8 Å². The molecule has 5 rings (SSSR count). The fourth-order valence-electron chi connectivity index (χ4n) is 12.0. The standard InChI is InChI=1S/C35H56O5/c1-22(36)39-21-35(8)28-12-10-24-20-32(5)17-14-26-31(3,4)29(38-9)15-19-34(26,7)27(32)13-11-25(24)33(28,6)18-16-30(35)40-23(2)37/h10,25-30H,11-21H2,1-9H3/t25-,26-,27-,28+,29-,30-,32-,33+,34-,35-/m0/s1. The van der Waals surface area contributed by atoms with Crippen LogP contribution in [0.25, 0.3) is 0 Å². The molecule has 0 spiro atoms. The Morgan fingerprint density at radius 2 is 1.48 bits per heavy atom. The lowest BCUT2D eigenvalue weighted by Crippen LogP contribution is -2.58. The molecule has 226 valence electrons. The van der Waals surface area contributed by atoms with Crippen LogP contribution in [0.15, 0.2) is 11.6 Å². The molecule has 0 amide bonds. The first-order chi connectivity index (χ1) is 18.6. The molecule has 4 saturated carbocycles. The molecule has 0 N–H and O–H groups in total. The Bertz CT molecular complexity index is 1050. The molecule has 0 bridgehead atoms. The van der Waals surface area contributed by atoms with E-state index in [1.54, 1.807) is 5.57 Å². The average Bonchev–Trinajstić information content (AvgIpc) is 3.01. The predicted octanol–water partition coefficient (Wildman–Crippen LogP) is 7.91. The van der Waals surface area contributed by atoms with E-state index in [-0.39, 0.29) is 28.9 Å². The number of ether oxygens (including phenoxy) is 3. The molecule has 40 heavy (non-hydrogen) atoms. The second-order valence-electron chi connectivity index (χ2n) is 16.2. The Labute approximate surface area is 243 Å². The molecule has 0 aromatic heterocycles. The van der Waals surface area contributed by atoms with E-state index in [1.807, 2.05) is 7.11 Å². The molecule has 0 heterocycles. The highest BCUT2D eigenvalue weighted by Crippen LogP contribution is 2.70. The van der Waals surface area contributed by atoms with E-state index < -0.39 is 5.41 Å². The topological polar surface area (TPSA) is 61.8 Å². The number of carbonyl (C=O) groups is 2. The smallest absolute Gasteiger partial charge is 0.302 e. The lowest BCUT2D eigenvalue weighted by Gasteiger charge is -2.64. The van der Waals surface area contributed by atoms with E-state index in [2.05, 4.69) is 47.6 Å². The van der Waals surface area contributed by atoms with Crippen LogP contribution in [-0.2, 0) is 23.8 Å². The molecule has 0 aromatic rings. The summed E-state index contributed by atoms with van der Waals surface area (Å²) in [6, 6.07) is 0. The zero-order valence-electron chi connectivity index (χ0n) is 26.9. The Morgan fingerprint density at radius 3 is 2.12 bits per heavy atom. The molecule has 0 saturated heterocycles. The minimum atomic E-state index is -0.394. The summed E-state index contributed by atoms with van der Waals surface area (Å²) in [5.74, 6) is 1.75. The van der Waals surface area contributed by atoms with E-state index in [0.717, 1.165) is 19.3 Å². The molecule has 10 atom stereocenters. The van der Waals surface area contributed by atoms with Gasteiger partial charge in [0.15, 0.2) is 0 Å². The van der Waals surface area contributed by atoms with Crippen molar-refractivity contribution in [1.29, 1.82) is 0 Å². The first-order valence-corrected chi connectivity index (χ1v) is 16.1. The van der Waals surface area contributed by atoms with Crippen molar-refractivity contribution in [2.24, 2.45) is 50.7 Å². The van der Waals surface area contributed by atoms with Crippen molar-refractivity contribution in [2.75, 3.05) is 13.7 Å². The third-order valence-corrected chi connectivity index (χ3v) is 13.8. The summed E-state index contributed by atoms with van der Waals surface area (Å²) in [5.41, 5.74) is 2.28. The minimum Gasteiger partial charge on any atom is -0.465 e. The number of fused-ring (bicyclic) bond motifs is 6. The molecular formula is C35H56O5. The van der Waals surface area contributed by atoms with Crippen molar-refractivity contribution in [2.45, 2.75) is 132 Å². The normalized spacial score (nSPS) is 47.8. The van der Waals surface area contributed by atoms with E-state index in [4.69, 9.17) is 14.2 Å². The molecule has 0 unspecified atom stereocenters. The maximum absolute atomic E-state index is 12.1. The zero-order chi connectivity index (χ0) is 29.3. The third-order valence-electron chi connectivity index (χ3n) is 13.8. The molecule has 5 heteroatoms. The van der Waals surface area contributed by atoms with Crippen molar-refractivity contribution >= 4 is 11.9 Å². The summed E-state index contributed by atoms with van der Waals surface area (Å²) in [4.78, 5) is 24.0.